The summed E-state index contributed by atoms with van der Waals surface area (Å²) >= 11 is 6.02. The number of aromatic nitrogens is 4. The average molecular weight is 515 g/mol. The van der Waals surface area contributed by atoms with Crippen LogP contribution in [-0.2, 0) is 6.18 Å². The average Bonchev–Trinajstić information content (AvgIpc) is 2.86. The number of amides is 1. The van der Waals surface area contributed by atoms with Crippen molar-refractivity contribution in [2.45, 2.75) is 13.1 Å². The fourth-order valence-electron chi connectivity index (χ4n) is 3.25. The van der Waals surface area contributed by atoms with Gasteiger partial charge >= 0.3 is 6.18 Å². The lowest BCUT2D eigenvalue weighted by Crippen LogP contribution is -2.15. The van der Waals surface area contributed by atoms with E-state index in [1.165, 1.54) is 18.6 Å². The zero-order valence-corrected chi connectivity index (χ0v) is 19.6. The van der Waals surface area contributed by atoms with Gasteiger partial charge in [-0.25, -0.2) is 15.0 Å². The molecule has 0 atom stereocenters. The highest BCUT2D eigenvalue weighted by Crippen LogP contribution is 2.35. The fraction of sp³-hybridized carbons (Fsp3) is 0.125. The van der Waals surface area contributed by atoms with E-state index in [0.717, 1.165) is 18.2 Å². The first-order valence-corrected chi connectivity index (χ1v) is 10.8. The first-order chi connectivity index (χ1) is 17.2. The van der Waals surface area contributed by atoms with Gasteiger partial charge in [0.25, 0.3) is 5.91 Å². The molecule has 0 bridgehead atoms. The van der Waals surface area contributed by atoms with Crippen LogP contribution in [0.25, 0.3) is 11.4 Å². The molecule has 0 fully saturated rings. The van der Waals surface area contributed by atoms with Gasteiger partial charge in [-0.15, -0.1) is 0 Å². The van der Waals surface area contributed by atoms with Crippen LogP contribution in [0.1, 0.15) is 21.5 Å². The monoisotopic (exact) mass is 514 g/mol. The number of carbonyl (C=O) groups is 1. The summed E-state index contributed by atoms with van der Waals surface area (Å²) in [5.41, 5.74) is 0.00148. The summed E-state index contributed by atoms with van der Waals surface area (Å²) in [5.74, 6) is 0.519. The molecule has 36 heavy (non-hydrogen) atoms. The molecule has 0 unspecified atom stereocenters. The van der Waals surface area contributed by atoms with Gasteiger partial charge in [0.15, 0.2) is 5.82 Å². The van der Waals surface area contributed by atoms with Crippen molar-refractivity contribution in [2.24, 2.45) is 0 Å². The molecule has 2 aromatic heterocycles. The van der Waals surface area contributed by atoms with Crippen LogP contribution in [0.5, 0.6) is 11.6 Å². The Kier molecular flexibility index (Phi) is 7.02. The van der Waals surface area contributed by atoms with E-state index in [1.807, 2.05) is 0 Å². The number of halogens is 4. The van der Waals surface area contributed by atoms with Crippen LogP contribution in [0.3, 0.4) is 0 Å². The third-order valence-corrected chi connectivity index (χ3v) is 5.41. The Bertz CT molecular complexity index is 1430. The minimum atomic E-state index is -4.58. The Morgan fingerprint density at radius 3 is 2.61 bits per heavy atom. The van der Waals surface area contributed by atoms with Crippen LogP contribution in [-0.4, -0.2) is 32.9 Å². The lowest BCUT2D eigenvalue weighted by atomic mass is 10.1. The number of rotatable bonds is 6. The molecule has 4 rings (SSSR count). The second-order valence-electron chi connectivity index (χ2n) is 7.42. The molecule has 0 aliphatic rings. The summed E-state index contributed by atoms with van der Waals surface area (Å²) in [4.78, 5) is 29.7. The van der Waals surface area contributed by atoms with Crippen molar-refractivity contribution in [1.82, 2.24) is 19.9 Å². The molecule has 1 amide bonds. The molecule has 184 valence electrons. The highest BCUT2D eigenvalue weighted by Gasteiger charge is 2.31. The topological polar surface area (TPSA) is 102 Å². The Morgan fingerprint density at radius 2 is 1.86 bits per heavy atom. The number of ether oxygens (including phenoxy) is 1. The third-order valence-electron chi connectivity index (χ3n) is 5.08. The number of benzene rings is 2. The van der Waals surface area contributed by atoms with E-state index in [9.17, 15) is 18.0 Å². The number of carbonyl (C=O) groups excluding carboxylic acids is 1. The Hall–Kier alpha value is -4.25. The second-order valence-corrected chi connectivity index (χ2v) is 7.82. The van der Waals surface area contributed by atoms with Crippen LogP contribution in [0.2, 0.25) is 5.02 Å². The Morgan fingerprint density at radius 1 is 1.06 bits per heavy atom. The summed E-state index contributed by atoms with van der Waals surface area (Å²) in [6.45, 7) is 1.64. The number of hydrogen-bond acceptors (Lipinski definition) is 7. The predicted molar refractivity (Wildman–Crippen MR) is 128 cm³/mol. The van der Waals surface area contributed by atoms with Crippen LogP contribution in [0.4, 0.5) is 24.8 Å². The number of alkyl halides is 3. The maximum absolute atomic E-state index is 13.1. The van der Waals surface area contributed by atoms with Gasteiger partial charge < -0.3 is 15.4 Å². The Labute approximate surface area is 208 Å². The maximum atomic E-state index is 13.1. The summed E-state index contributed by atoms with van der Waals surface area (Å²) < 4.78 is 45.3. The highest BCUT2D eigenvalue weighted by molar-refractivity contribution is 6.34. The van der Waals surface area contributed by atoms with Crippen LogP contribution in [0.15, 0.2) is 61.1 Å². The van der Waals surface area contributed by atoms with Crippen molar-refractivity contribution in [3.63, 3.8) is 0 Å². The van der Waals surface area contributed by atoms with Crippen LogP contribution < -0.4 is 15.4 Å². The lowest BCUT2D eigenvalue weighted by molar-refractivity contribution is -0.137. The number of anilines is 2. The minimum absolute atomic E-state index is 0.0298. The smallest absolute Gasteiger partial charge is 0.416 e. The number of pyridine rings is 1. The van der Waals surface area contributed by atoms with Crippen molar-refractivity contribution in [1.29, 1.82) is 0 Å². The first-order valence-electron chi connectivity index (χ1n) is 10.4. The molecule has 2 aromatic carbocycles. The summed E-state index contributed by atoms with van der Waals surface area (Å²) in [7, 11) is 1.67. The molecular formula is C24H18ClF3N6O2. The molecule has 2 heterocycles. The predicted octanol–water partition coefficient (Wildman–Crippen LogP) is 6.00. The van der Waals surface area contributed by atoms with Crippen molar-refractivity contribution in [2.75, 3.05) is 17.7 Å². The van der Waals surface area contributed by atoms with E-state index in [1.54, 1.807) is 38.2 Å². The van der Waals surface area contributed by atoms with Gasteiger partial charge in [0, 0.05) is 24.4 Å². The van der Waals surface area contributed by atoms with E-state index < -0.39 is 17.6 Å². The standard InChI is InChI=1S/C24H18ClF3N6O2/c1-13-15(21(35)33-18-11-14(24(26,27)28)8-9-17(18)25)5-3-7-19(13)36-22-16(6-4-10-30-22)20-31-12-32-23(29-2)34-20/h3-12H,1-2H3,(H,33,35)(H,29,31,32,34). The highest BCUT2D eigenvalue weighted by atomic mass is 35.5. The van der Waals surface area contributed by atoms with Crippen molar-refractivity contribution < 1.29 is 22.7 Å². The summed E-state index contributed by atoms with van der Waals surface area (Å²) in [6, 6.07) is 10.8. The van der Waals surface area contributed by atoms with Gasteiger partial charge in [0.2, 0.25) is 11.8 Å². The molecule has 2 N–H and O–H groups in total. The van der Waals surface area contributed by atoms with E-state index in [-0.39, 0.29) is 22.2 Å². The summed E-state index contributed by atoms with van der Waals surface area (Å²) in [5, 5.41) is 5.25. The van der Waals surface area contributed by atoms with Gasteiger partial charge in [0.05, 0.1) is 21.8 Å². The number of nitrogens with one attached hydrogen (secondary N) is 2. The molecule has 0 saturated heterocycles. The number of hydrogen-bond donors (Lipinski definition) is 2. The number of nitrogens with zero attached hydrogens (tertiary/aromatic N) is 4. The molecule has 0 aliphatic carbocycles. The Balaban J connectivity index is 1.63. The van der Waals surface area contributed by atoms with Gasteiger partial charge in [-0.3, -0.25) is 4.79 Å². The van der Waals surface area contributed by atoms with Gasteiger partial charge in [-0.05, 0) is 49.4 Å². The molecule has 0 saturated carbocycles. The molecule has 0 radical (unpaired) electrons. The van der Waals surface area contributed by atoms with E-state index in [2.05, 4.69) is 30.6 Å². The molecule has 12 heteroatoms. The van der Waals surface area contributed by atoms with Gasteiger partial charge in [-0.1, -0.05) is 17.7 Å². The quantitative estimate of drug-likeness (QED) is 0.325. The zero-order chi connectivity index (χ0) is 25.9. The first kappa shape index (κ1) is 24.9. The van der Waals surface area contributed by atoms with E-state index in [4.69, 9.17) is 16.3 Å². The van der Waals surface area contributed by atoms with E-state index >= 15 is 0 Å². The SMILES string of the molecule is CNc1ncnc(-c2cccnc2Oc2cccc(C(=O)Nc3cc(C(F)(F)F)ccc3Cl)c2C)n1. The fourth-order valence-corrected chi connectivity index (χ4v) is 3.42. The van der Waals surface area contributed by atoms with Crippen molar-refractivity contribution in [3.05, 3.63) is 82.8 Å². The van der Waals surface area contributed by atoms with E-state index in [0.29, 0.717) is 28.6 Å². The minimum Gasteiger partial charge on any atom is -0.438 e. The molecule has 4 aromatic rings. The molecular weight excluding hydrogens is 497 g/mol. The molecule has 8 nitrogen and oxygen atoms in total. The van der Waals surface area contributed by atoms with Crippen molar-refractivity contribution in [3.8, 4) is 23.0 Å². The third kappa shape index (κ3) is 5.36. The van der Waals surface area contributed by atoms with Crippen molar-refractivity contribution >= 4 is 29.1 Å². The normalized spacial score (nSPS) is 11.2. The van der Waals surface area contributed by atoms with Gasteiger partial charge in [0.1, 0.15) is 12.1 Å². The maximum Gasteiger partial charge on any atom is 0.416 e. The lowest BCUT2D eigenvalue weighted by Gasteiger charge is -2.15. The largest absolute Gasteiger partial charge is 0.438 e. The zero-order valence-electron chi connectivity index (χ0n) is 18.9. The van der Waals surface area contributed by atoms with Crippen LogP contribution in [0, 0.1) is 6.92 Å². The molecule has 0 spiro atoms. The molecule has 0 aliphatic heterocycles. The van der Waals surface area contributed by atoms with Crippen LogP contribution >= 0.6 is 11.6 Å². The summed E-state index contributed by atoms with van der Waals surface area (Å²) in [6.07, 6.45) is -1.71. The second kappa shape index (κ2) is 10.2. The van der Waals surface area contributed by atoms with Gasteiger partial charge in [-0.2, -0.15) is 18.2 Å².